The van der Waals surface area contributed by atoms with Crippen LogP contribution in [-0.4, -0.2) is 37.6 Å². The molecular formula is C23H41N2O+. The number of nitrogens with zero attached hydrogens (tertiary/aromatic N) is 1. The van der Waals surface area contributed by atoms with E-state index in [1.54, 1.807) is 0 Å². The lowest BCUT2D eigenvalue weighted by molar-refractivity contribution is -0.909. The van der Waals surface area contributed by atoms with Crippen LogP contribution >= 0.6 is 0 Å². The van der Waals surface area contributed by atoms with Crippen LogP contribution in [0.5, 0.6) is 0 Å². The average Bonchev–Trinajstić information content (AvgIpc) is 2.41. The predicted molar refractivity (Wildman–Crippen MR) is 112 cm³/mol. The van der Waals surface area contributed by atoms with Crippen LogP contribution in [0.3, 0.4) is 0 Å². The van der Waals surface area contributed by atoms with Gasteiger partial charge in [0.2, 0.25) is 5.91 Å². The molecule has 26 heavy (non-hydrogen) atoms. The minimum absolute atomic E-state index is 0.0335. The molecule has 0 saturated heterocycles. The van der Waals surface area contributed by atoms with E-state index in [9.17, 15) is 4.79 Å². The molecule has 1 aromatic rings. The molecule has 0 aliphatic rings. The summed E-state index contributed by atoms with van der Waals surface area (Å²) in [4.78, 5) is 12.7. The van der Waals surface area contributed by atoms with E-state index in [-0.39, 0.29) is 22.2 Å². The van der Waals surface area contributed by atoms with E-state index >= 15 is 0 Å². The summed E-state index contributed by atoms with van der Waals surface area (Å²) >= 11 is 0. The molecule has 3 heteroatoms. The van der Waals surface area contributed by atoms with Crippen molar-refractivity contribution in [2.24, 2.45) is 16.2 Å². The van der Waals surface area contributed by atoms with Gasteiger partial charge in [-0.05, 0) is 11.8 Å². The number of hydrogen-bond donors (Lipinski definition) is 1. The first kappa shape index (κ1) is 22.7. The van der Waals surface area contributed by atoms with E-state index in [0.29, 0.717) is 6.54 Å². The van der Waals surface area contributed by atoms with Gasteiger partial charge in [-0.2, -0.15) is 0 Å². The molecule has 0 aliphatic carbocycles. The van der Waals surface area contributed by atoms with Crippen molar-refractivity contribution in [3.63, 3.8) is 0 Å². The maximum atomic E-state index is 12.7. The Kier molecular flexibility index (Phi) is 7.09. The number of rotatable bonds is 8. The van der Waals surface area contributed by atoms with Gasteiger partial charge in [0.05, 0.1) is 20.6 Å². The van der Waals surface area contributed by atoms with Crippen molar-refractivity contribution < 1.29 is 9.28 Å². The van der Waals surface area contributed by atoms with Gasteiger partial charge >= 0.3 is 0 Å². The Morgan fingerprint density at radius 1 is 0.962 bits per heavy atom. The molecule has 0 bridgehead atoms. The van der Waals surface area contributed by atoms with E-state index < -0.39 is 0 Å². The largest absolute Gasteiger partial charge is 0.355 e. The van der Waals surface area contributed by atoms with Gasteiger partial charge in [0, 0.05) is 22.9 Å². The molecule has 0 spiro atoms. The van der Waals surface area contributed by atoms with Crippen molar-refractivity contribution in [1.82, 2.24) is 5.32 Å². The van der Waals surface area contributed by atoms with Crippen LogP contribution in [0.25, 0.3) is 0 Å². The standard InChI is InChI=1S/C23H40N2O/c1-21(2,3)16-23(6,7)20(26)24-17-22(4,5)18-25(8,9)15-19-13-11-10-12-14-19/h10-14H,15-18H2,1-9H3/p+1. The van der Waals surface area contributed by atoms with Crippen LogP contribution in [0.4, 0.5) is 0 Å². The number of amides is 1. The van der Waals surface area contributed by atoms with Crippen molar-refractivity contribution in [3.8, 4) is 0 Å². The molecule has 0 unspecified atom stereocenters. The topological polar surface area (TPSA) is 29.1 Å². The highest BCUT2D eigenvalue weighted by Crippen LogP contribution is 2.33. The maximum Gasteiger partial charge on any atom is 0.225 e. The fourth-order valence-corrected chi connectivity index (χ4v) is 4.31. The fraction of sp³-hybridized carbons (Fsp3) is 0.696. The number of carbonyl (C=O) groups is 1. The van der Waals surface area contributed by atoms with Gasteiger partial charge in [-0.15, -0.1) is 0 Å². The lowest BCUT2D eigenvalue weighted by atomic mass is 9.75. The molecular weight excluding hydrogens is 320 g/mol. The summed E-state index contributed by atoms with van der Waals surface area (Å²) < 4.78 is 0.901. The lowest BCUT2D eigenvalue weighted by Crippen LogP contribution is -2.50. The molecule has 0 saturated carbocycles. The summed E-state index contributed by atoms with van der Waals surface area (Å²) in [7, 11) is 4.53. The maximum absolute atomic E-state index is 12.7. The number of quaternary nitrogens is 1. The zero-order chi connectivity index (χ0) is 20.2. The Morgan fingerprint density at radius 2 is 1.50 bits per heavy atom. The van der Waals surface area contributed by atoms with Crippen molar-refractivity contribution >= 4 is 5.91 Å². The van der Waals surface area contributed by atoms with Crippen molar-refractivity contribution in [3.05, 3.63) is 35.9 Å². The van der Waals surface area contributed by atoms with E-state index in [1.807, 2.05) is 0 Å². The monoisotopic (exact) mass is 361 g/mol. The summed E-state index contributed by atoms with van der Waals surface area (Å²) in [5.41, 5.74) is 1.18. The normalized spacial score (nSPS) is 13.6. The molecule has 0 fully saturated rings. The van der Waals surface area contributed by atoms with Crippen molar-refractivity contribution in [1.29, 1.82) is 0 Å². The molecule has 0 heterocycles. The Balaban J connectivity index is 2.63. The second kappa shape index (κ2) is 8.12. The Morgan fingerprint density at radius 3 is 2.00 bits per heavy atom. The van der Waals surface area contributed by atoms with Gasteiger partial charge in [0.15, 0.2) is 0 Å². The van der Waals surface area contributed by atoms with Crippen LogP contribution in [-0.2, 0) is 11.3 Å². The van der Waals surface area contributed by atoms with Gasteiger partial charge in [0.25, 0.3) is 0 Å². The highest BCUT2D eigenvalue weighted by atomic mass is 16.2. The zero-order valence-electron chi connectivity index (χ0n) is 18.6. The fourth-order valence-electron chi connectivity index (χ4n) is 4.31. The summed E-state index contributed by atoms with van der Waals surface area (Å²) in [5, 5.41) is 3.22. The van der Waals surface area contributed by atoms with Crippen LogP contribution in [0.2, 0.25) is 0 Å². The molecule has 1 N–H and O–H groups in total. The first-order chi connectivity index (χ1) is 11.6. The van der Waals surface area contributed by atoms with Crippen LogP contribution < -0.4 is 5.32 Å². The minimum atomic E-state index is -0.345. The van der Waals surface area contributed by atoms with E-state index in [0.717, 1.165) is 24.0 Å². The summed E-state index contributed by atoms with van der Waals surface area (Å²) in [5.74, 6) is 0.161. The van der Waals surface area contributed by atoms with Crippen molar-refractivity contribution in [2.75, 3.05) is 27.2 Å². The second-order valence-electron chi connectivity index (χ2n) is 11.2. The Labute approximate surface area is 161 Å². The van der Waals surface area contributed by atoms with Gasteiger partial charge in [0.1, 0.15) is 6.54 Å². The van der Waals surface area contributed by atoms with E-state index in [2.05, 4.69) is 98.2 Å². The number of nitrogens with one attached hydrogen (secondary N) is 1. The summed E-state index contributed by atoms with van der Waals surface area (Å²) in [6.07, 6.45) is 0.877. The summed E-state index contributed by atoms with van der Waals surface area (Å²) in [6.45, 7) is 17.9. The Bertz CT molecular complexity index is 580. The van der Waals surface area contributed by atoms with Gasteiger partial charge in [-0.1, -0.05) is 78.8 Å². The Hall–Kier alpha value is -1.35. The molecule has 3 nitrogen and oxygen atoms in total. The first-order valence-corrected chi connectivity index (χ1v) is 9.76. The molecule has 148 valence electrons. The average molecular weight is 362 g/mol. The minimum Gasteiger partial charge on any atom is -0.355 e. The van der Waals surface area contributed by atoms with Gasteiger partial charge < -0.3 is 9.80 Å². The smallest absolute Gasteiger partial charge is 0.225 e. The third kappa shape index (κ3) is 8.35. The SMILES string of the molecule is CC(C)(C)CC(C)(C)C(=O)NCC(C)(C)C[N+](C)(C)Cc1ccccc1. The van der Waals surface area contributed by atoms with Gasteiger partial charge in [-0.3, -0.25) is 4.79 Å². The van der Waals surface area contributed by atoms with Gasteiger partial charge in [-0.25, -0.2) is 0 Å². The molecule has 1 rings (SSSR count). The zero-order valence-corrected chi connectivity index (χ0v) is 18.6. The van der Waals surface area contributed by atoms with E-state index in [4.69, 9.17) is 0 Å². The van der Waals surface area contributed by atoms with E-state index in [1.165, 1.54) is 5.56 Å². The molecule has 0 radical (unpaired) electrons. The van der Waals surface area contributed by atoms with Crippen LogP contribution in [0, 0.1) is 16.2 Å². The molecule has 1 aromatic carbocycles. The number of benzene rings is 1. The number of carbonyl (C=O) groups excluding carboxylic acids is 1. The third-order valence-corrected chi connectivity index (χ3v) is 4.62. The highest BCUT2D eigenvalue weighted by molar-refractivity contribution is 5.81. The lowest BCUT2D eigenvalue weighted by Gasteiger charge is -2.38. The first-order valence-electron chi connectivity index (χ1n) is 9.76. The molecule has 0 atom stereocenters. The second-order valence-corrected chi connectivity index (χ2v) is 11.2. The predicted octanol–water partition coefficient (Wildman–Crippen LogP) is 4.87. The third-order valence-electron chi connectivity index (χ3n) is 4.62. The molecule has 0 aromatic heterocycles. The summed E-state index contributed by atoms with van der Waals surface area (Å²) in [6, 6.07) is 10.6. The van der Waals surface area contributed by atoms with Crippen molar-refractivity contribution in [2.45, 2.75) is 61.4 Å². The van der Waals surface area contributed by atoms with Crippen LogP contribution in [0.15, 0.2) is 30.3 Å². The highest BCUT2D eigenvalue weighted by Gasteiger charge is 2.35. The van der Waals surface area contributed by atoms with Crippen LogP contribution in [0.1, 0.15) is 60.5 Å². The number of hydrogen-bond acceptors (Lipinski definition) is 1. The molecule has 1 amide bonds. The molecule has 0 aliphatic heterocycles. The quantitative estimate of drug-likeness (QED) is 0.658.